The first kappa shape index (κ1) is 15.7. The van der Waals surface area contributed by atoms with Gasteiger partial charge in [0, 0.05) is 11.5 Å². The first-order valence-electron chi connectivity index (χ1n) is 6.07. The number of anilines is 1. The quantitative estimate of drug-likeness (QED) is 0.815. The molecule has 0 aromatic heterocycles. The molecule has 0 saturated carbocycles. The van der Waals surface area contributed by atoms with Crippen molar-refractivity contribution in [2.24, 2.45) is 0 Å². The Kier molecular flexibility index (Phi) is 4.80. The molecule has 2 rings (SSSR count). The summed E-state index contributed by atoms with van der Waals surface area (Å²) in [6.07, 6.45) is 1.47. The average Bonchev–Trinajstić information content (AvgIpc) is 2.46. The van der Waals surface area contributed by atoms with Crippen molar-refractivity contribution in [3.8, 4) is 0 Å². The van der Waals surface area contributed by atoms with Crippen LogP contribution in [-0.4, -0.2) is 15.5 Å². The Morgan fingerprint density at radius 1 is 1.14 bits per heavy atom. The molecule has 0 aliphatic rings. The third kappa shape index (κ3) is 3.92. The van der Waals surface area contributed by atoms with E-state index < -0.39 is 15.8 Å². The highest BCUT2D eigenvalue weighted by Gasteiger charge is 2.18. The van der Waals surface area contributed by atoms with Gasteiger partial charge in [0.25, 0.3) is 10.0 Å². The summed E-state index contributed by atoms with van der Waals surface area (Å²) in [5.74, 6) is -0.608. The maximum Gasteiger partial charge on any atom is 0.257 e. The predicted molar refractivity (Wildman–Crippen MR) is 86.9 cm³/mol. The van der Waals surface area contributed by atoms with Crippen LogP contribution in [0, 0.1) is 5.82 Å². The van der Waals surface area contributed by atoms with E-state index >= 15 is 0 Å². The molecule has 110 valence electrons. The lowest BCUT2D eigenvalue weighted by Gasteiger charge is -2.17. The van der Waals surface area contributed by atoms with E-state index in [1.165, 1.54) is 25.3 Å². The molecule has 0 saturated heterocycles. The maximum absolute atomic E-state index is 13.8. The second kappa shape index (κ2) is 6.41. The van der Waals surface area contributed by atoms with Gasteiger partial charge in [0.15, 0.2) is 0 Å². The molecule has 0 radical (unpaired) electrons. The summed E-state index contributed by atoms with van der Waals surface area (Å²) < 4.78 is 39.7. The van der Waals surface area contributed by atoms with Crippen LogP contribution in [-0.2, 0) is 10.0 Å². The summed E-state index contributed by atoms with van der Waals surface area (Å²) in [6.45, 7) is 0. The molecule has 0 heterocycles. The van der Waals surface area contributed by atoms with Crippen LogP contribution in [0.15, 0.2) is 58.4 Å². The molecule has 6 heteroatoms. The molecule has 2 aromatic carbocycles. The lowest BCUT2D eigenvalue weighted by molar-refractivity contribution is 0.597. The Hall–Kier alpha value is -1.66. The van der Waals surface area contributed by atoms with E-state index in [1.54, 1.807) is 18.2 Å². The zero-order valence-corrected chi connectivity index (χ0v) is 13.6. The minimum absolute atomic E-state index is 0.00379. The molecule has 0 aliphatic carbocycles. The van der Waals surface area contributed by atoms with Gasteiger partial charge in [0.05, 0.1) is 11.1 Å². The van der Waals surface area contributed by atoms with Gasteiger partial charge in [-0.15, -0.1) is 0 Å². The first-order valence-corrected chi connectivity index (χ1v) is 8.37. The average molecular weight is 370 g/mol. The van der Waals surface area contributed by atoms with Gasteiger partial charge in [-0.2, -0.15) is 0 Å². The first-order chi connectivity index (χ1) is 9.90. The molecule has 0 fully saturated rings. The second-order valence-corrected chi connectivity index (χ2v) is 7.09. The monoisotopic (exact) mass is 369 g/mol. The van der Waals surface area contributed by atoms with Gasteiger partial charge in [0.1, 0.15) is 5.82 Å². The zero-order chi connectivity index (χ0) is 15.5. The van der Waals surface area contributed by atoms with Crippen molar-refractivity contribution in [3.05, 3.63) is 69.8 Å². The number of hydrogen-bond acceptors (Lipinski definition) is 2. The standard InChI is InChI=1S/C15H13BrFNO2S/c1-18(15-8-7-13(16)11-14(15)17)21(19,20)10-9-12-5-3-2-4-6-12/h2-11H,1H3. The van der Waals surface area contributed by atoms with Crippen LogP contribution in [0.2, 0.25) is 0 Å². The smallest absolute Gasteiger partial charge is 0.257 e. The van der Waals surface area contributed by atoms with E-state index in [2.05, 4.69) is 15.9 Å². The number of benzene rings is 2. The third-order valence-corrected chi connectivity index (χ3v) is 4.80. The zero-order valence-electron chi connectivity index (χ0n) is 11.2. The highest BCUT2D eigenvalue weighted by Crippen LogP contribution is 2.24. The number of halogens is 2. The number of rotatable bonds is 4. The molecule has 0 spiro atoms. The summed E-state index contributed by atoms with van der Waals surface area (Å²) in [6, 6.07) is 13.3. The van der Waals surface area contributed by atoms with Crippen molar-refractivity contribution in [1.82, 2.24) is 0 Å². The fourth-order valence-electron chi connectivity index (χ4n) is 1.69. The number of nitrogens with zero attached hydrogens (tertiary/aromatic N) is 1. The van der Waals surface area contributed by atoms with E-state index in [0.29, 0.717) is 4.47 Å². The number of sulfonamides is 1. The van der Waals surface area contributed by atoms with E-state index in [-0.39, 0.29) is 5.69 Å². The lowest BCUT2D eigenvalue weighted by Crippen LogP contribution is -2.25. The van der Waals surface area contributed by atoms with Crippen molar-refractivity contribution in [1.29, 1.82) is 0 Å². The van der Waals surface area contributed by atoms with Crippen LogP contribution >= 0.6 is 15.9 Å². The minimum Gasteiger partial charge on any atom is -0.267 e. The Balaban J connectivity index is 2.29. The van der Waals surface area contributed by atoms with E-state index in [9.17, 15) is 12.8 Å². The Morgan fingerprint density at radius 2 is 1.81 bits per heavy atom. The highest BCUT2D eigenvalue weighted by molar-refractivity contribution is 9.10. The van der Waals surface area contributed by atoms with E-state index in [0.717, 1.165) is 15.3 Å². The molecule has 0 N–H and O–H groups in total. The van der Waals surface area contributed by atoms with Crippen molar-refractivity contribution in [2.45, 2.75) is 0 Å². The Bertz CT molecular complexity index is 760. The normalized spacial score (nSPS) is 11.8. The van der Waals surface area contributed by atoms with Crippen LogP contribution in [0.3, 0.4) is 0 Å². The lowest BCUT2D eigenvalue weighted by atomic mass is 10.2. The molecular weight excluding hydrogens is 357 g/mol. The Morgan fingerprint density at radius 3 is 2.43 bits per heavy atom. The largest absolute Gasteiger partial charge is 0.267 e. The fraction of sp³-hybridized carbons (Fsp3) is 0.0667. The van der Waals surface area contributed by atoms with Crippen molar-refractivity contribution >= 4 is 37.7 Å². The van der Waals surface area contributed by atoms with Gasteiger partial charge in [-0.05, 0) is 29.8 Å². The van der Waals surface area contributed by atoms with Crippen LogP contribution in [0.25, 0.3) is 6.08 Å². The topological polar surface area (TPSA) is 37.4 Å². The summed E-state index contributed by atoms with van der Waals surface area (Å²) in [5.41, 5.74) is 0.752. The molecule has 2 aromatic rings. The summed E-state index contributed by atoms with van der Waals surface area (Å²) >= 11 is 3.14. The van der Waals surface area contributed by atoms with Gasteiger partial charge in [0.2, 0.25) is 0 Å². The van der Waals surface area contributed by atoms with Crippen molar-refractivity contribution < 1.29 is 12.8 Å². The predicted octanol–water partition coefficient (Wildman–Crippen LogP) is 4.03. The van der Waals surface area contributed by atoms with Crippen LogP contribution in [0.4, 0.5) is 10.1 Å². The van der Waals surface area contributed by atoms with Gasteiger partial charge >= 0.3 is 0 Å². The van der Waals surface area contributed by atoms with Gasteiger partial charge in [-0.25, -0.2) is 12.8 Å². The van der Waals surface area contributed by atoms with Crippen LogP contribution < -0.4 is 4.31 Å². The summed E-state index contributed by atoms with van der Waals surface area (Å²) in [7, 11) is -2.43. The van der Waals surface area contributed by atoms with E-state index in [1.807, 2.05) is 18.2 Å². The molecule has 0 aliphatic heterocycles. The number of hydrogen-bond donors (Lipinski definition) is 0. The summed E-state index contributed by atoms with van der Waals surface area (Å²) in [4.78, 5) is 0. The molecule has 21 heavy (non-hydrogen) atoms. The van der Waals surface area contributed by atoms with Gasteiger partial charge in [-0.1, -0.05) is 46.3 Å². The van der Waals surface area contributed by atoms with Gasteiger partial charge < -0.3 is 0 Å². The highest BCUT2D eigenvalue weighted by atomic mass is 79.9. The molecule has 0 amide bonds. The van der Waals surface area contributed by atoms with Crippen LogP contribution in [0.5, 0.6) is 0 Å². The van der Waals surface area contributed by atoms with Gasteiger partial charge in [-0.3, -0.25) is 4.31 Å². The van der Waals surface area contributed by atoms with Crippen molar-refractivity contribution in [2.75, 3.05) is 11.4 Å². The third-order valence-electron chi connectivity index (χ3n) is 2.86. The summed E-state index contributed by atoms with van der Waals surface area (Å²) in [5, 5.41) is 1.06. The van der Waals surface area contributed by atoms with Crippen LogP contribution in [0.1, 0.15) is 5.56 Å². The molecular formula is C15H13BrFNO2S. The minimum atomic E-state index is -3.75. The van der Waals surface area contributed by atoms with Crippen molar-refractivity contribution in [3.63, 3.8) is 0 Å². The Labute approximate surface area is 131 Å². The van der Waals surface area contributed by atoms with E-state index in [4.69, 9.17) is 0 Å². The fourth-order valence-corrected chi connectivity index (χ4v) is 2.96. The molecule has 0 unspecified atom stereocenters. The molecule has 0 atom stereocenters. The second-order valence-electron chi connectivity index (χ2n) is 4.32. The molecule has 3 nitrogen and oxygen atoms in total. The SMILES string of the molecule is CN(c1ccc(Br)cc1F)S(=O)(=O)C=Cc1ccccc1. The molecule has 0 bridgehead atoms. The maximum atomic E-state index is 13.8.